The molecular formula is C21H21N3O4. The molecule has 2 heterocycles. The van der Waals surface area contributed by atoms with E-state index in [2.05, 4.69) is 15.5 Å². The Balaban J connectivity index is 1.54. The summed E-state index contributed by atoms with van der Waals surface area (Å²) >= 11 is 0. The number of benzene rings is 1. The van der Waals surface area contributed by atoms with Gasteiger partial charge in [-0.15, -0.1) is 0 Å². The van der Waals surface area contributed by atoms with Crippen molar-refractivity contribution in [2.24, 2.45) is 0 Å². The molecule has 7 nitrogen and oxygen atoms in total. The number of aromatic nitrogens is 2. The van der Waals surface area contributed by atoms with Gasteiger partial charge in [-0.05, 0) is 12.1 Å². The van der Waals surface area contributed by atoms with Crippen molar-refractivity contribution in [3.05, 3.63) is 59.9 Å². The van der Waals surface area contributed by atoms with Crippen LogP contribution in [0.15, 0.2) is 53.2 Å². The van der Waals surface area contributed by atoms with Crippen molar-refractivity contribution in [1.29, 1.82) is 0 Å². The lowest BCUT2D eigenvalue weighted by atomic mass is 9.92. The van der Waals surface area contributed by atoms with E-state index in [0.29, 0.717) is 5.69 Å². The second-order valence-electron chi connectivity index (χ2n) is 7.24. The number of anilines is 1. The number of hydrogen-bond donors (Lipinski definition) is 1. The number of ether oxygens (including phenoxy) is 1. The Kier molecular flexibility index (Phi) is 5.54. The first kappa shape index (κ1) is 19.3. The van der Waals surface area contributed by atoms with Gasteiger partial charge in [0, 0.05) is 34.7 Å². The van der Waals surface area contributed by atoms with Gasteiger partial charge < -0.3 is 9.26 Å². The number of hydrogen-bond acceptors (Lipinski definition) is 6. The second kappa shape index (κ2) is 8.04. The first-order valence-electron chi connectivity index (χ1n) is 8.78. The molecule has 1 N–H and O–H groups in total. The number of rotatable bonds is 5. The van der Waals surface area contributed by atoms with E-state index in [4.69, 9.17) is 9.26 Å². The highest BCUT2D eigenvalue weighted by molar-refractivity contribution is 5.95. The maximum absolute atomic E-state index is 11.9. The molecule has 28 heavy (non-hydrogen) atoms. The third-order valence-corrected chi connectivity index (χ3v) is 3.95. The van der Waals surface area contributed by atoms with Crippen molar-refractivity contribution in [3.8, 4) is 0 Å². The van der Waals surface area contributed by atoms with Gasteiger partial charge in [0.15, 0.2) is 6.61 Å². The number of carbonyl (C=O) groups is 2. The van der Waals surface area contributed by atoms with Gasteiger partial charge in [-0.2, -0.15) is 0 Å². The molecule has 0 saturated carbocycles. The summed E-state index contributed by atoms with van der Waals surface area (Å²) in [5.74, 6) is -0.926. The molecule has 144 valence electrons. The van der Waals surface area contributed by atoms with Gasteiger partial charge in [0.1, 0.15) is 0 Å². The van der Waals surface area contributed by atoms with E-state index in [-0.39, 0.29) is 11.3 Å². The topological polar surface area (TPSA) is 94.3 Å². The van der Waals surface area contributed by atoms with Gasteiger partial charge in [-0.3, -0.25) is 15.1 Å². The van der Waals surface area contributed by atoms with Gasteiger partial charge in [0.2, 0.25) is 5.88 Å². The molecule has 0 fully saturated rings. The van der Waals surface area contributed by atoms with E-state index < -0.39 is 18.5 Å². The first-order chi connectivity index (χ1) is 13.3. The molecule has 1 aromatic carbocycles. The lowest BCUT2D eigenvalue weighted by molar-refractivity contribution is -0.142. The summed E-state index contributed by atoms with van der Waals surface area (Å²) in [6.07, 6.45) is 4.57. The Morgan fingerprint density at radius 3 is 2.75 bits per heavy atom. The summed E-state index contributed by atoms with van der Waals surface area (Å²) in [7, 11) is 0. The van der Waals surface area contributed by atoms with E-state index >= 15 is 0 Å². The Morgan fingerprint density at radius 1 is 1.21 bits per heavy atom. The molecule has 0 aliphatic rings. The average molecular weight is 379 g/mol. The van der Waals surface area contributed by atoms with Gasteiger partial charge in [-0.25, -0.2) is 4.79 Å². The Morgan fingerprint density at radius 2 is 2.00 bits per heavy atom. The third-order valence-electron chi connectivity index (χ3n) is 3.95. The van der Waals surface area contributed by atoms with Crippen LogP contribution in [-0.4, -0.2) is 28.6 Å². The number of esters is 1. The molecule has 0 bridgehead atoms. The standard InChI is InChI=1S/C21H21N3O4/c1-21(2,3)16-12-18(28-24-16)23-17(25)13-27-19(26)10-9-15-7-4-6-14-8-5-11-22-20(14)15/h4-12H,13H2,1-3H3,(H,23,25)/b10-9+. The van der Waals surface area contributed by atoms with Crippen molar-refractivity contribution in [2.45, 2.75) is 26.2 Å². The van der Waals surface area contributed by atoms with Crippen LogP contribution in [0.2, 0.25) is 0 Å². The van der Waals surface area contributed by atoms with E-state index in [1.165, 1.54) is 6.08 Å². The number of para-hydroxylation sites is 1. The fourth-order valence-electron chi connectivity index (χ4n) is 2.47. The molecule has 0 atom stereocenters. The zero-order valence-electron chi connectivity index (χ0n) is 15.9. The summed E-state index contributed by atoms with van der Waals surface area (Å²) in [4.78, 5) is 28.1. The van der Waals surface area contributed by atoms with Crippen LogP contribution in [0.1, 0.15) is 32.0 Å². The van der Waals surface area contributed by atoms with Crippen LogP contribution in [0.3, 0.4) is 0 Å². The zero-order chi connectivity index (χ0) is 20.1. The molecule has 1 amide bonds. The summed E-state index contributed by atoms with van der Waals surface area (Å²) < 4.78 is 10.0. The molecule has 2 aromatic heterocycles. The summed E-state index contributed by atoms with van der Waals surface area (Å²) in [6, 6.07) is 11.1. The molecule has 0 radical (unpaired) electrons. The van der Waals surface area contributed by atoms with Crippen LogP contribution in [0, 0.1) is 0 Å². The minimum atomic E-state index is -0.629. The normalized spacial score (nSPS) is 11.7. The largest absolute Gasteiger partial charge is 0.452 e. The van der Waals surface area contributed by atoms with Crippen LogP contribution in [0.5, 0.6) is 0 Å². The lowest BCUT2D eigenvalue weighted by Crippen LogP contribution is -2.19. The van der Waals surface area contributed by atoms with Crippen molar-refractivity contribution >= 4 is 34.7 Å². The molecule has 7 heteroatoms. The molecular weight excluding hydrogens is 358 g/mol. The fraction of sp³-hybridized carbons (Fsp3) is 0.238. The maximum Gasteiger partial charge on any atom is 0.331 e. The Labute approximate surface area is 162 Å². The molecule has 0 aliphatic heterocycles. The van der Waals surface area contributed by atoms with Crippen LogP contribution >= 0.6 is 0 Å². The highest BCUT2D eigenvalue weighted by Gasteiger charge is 2.19. The molecule has 3 rings (SSSR count). The maximum atomic E-state index is 11.9. The van der Waals surface area contributed by atoms with Gasteiger partial charge in [-0.1, -0.05) is 50.2 Å². The van der Waals surface area contributed by atoms with E-state index in [1.807, 2.05) is 51.1 Å². The predicted molar refractivity (Wildman–Crippen MR) is 106 cm³/mol. The average Bonchev–Trinajstić information content (AvgIpc) is 3.13. The molecule has 0 aliphatic carbocycles. The van der Waals surface area contributed by atoms with Crippen LogP contribution in [0.25, 0.3) is 17.0 Å². The van der Waals surface area contributed by atoms with Crippen molar-refractivity contribution in [3.63, 3.8) is 0 Å². The molecule has 0 unspecified atom stereocenters. The number of nitrogens with one attached hydrogen (secondary N) is 1. The van der Waals surface area contributed by atoms with Crippen LogP contribution in [0.4, 0.5) is 5.88 Å². The van der Waals surface area contributed by atoms with Crippen LogP contribution < -0.4 is 5.32 Å². The SMILES string of the molecule is CC(C)(C)c1cc(NC(=O)COC(=O)/C=C/c2cccc3cccnc23)on1. The quantitative estimate of drug-likeness (QED) is 0.536. The smallest absolute Gasteiger partial charge is 0.331 e. The Hall–Kier alpha value is -3.48. The Bertz CT molecular complexity index is 1030. The van der Waals surface area contributed by atoms with E-state index in [9.17, 15) is 9.59 Å². The van der Waals surface area contributed by atoms with Gasteiger partial charge in [0.25, 0.3) is 5.91 Å². The van der Waals surface area contributed by atoms with Crippen LogP contribution in [-0.2, 0) is 19.7 Å². The minimum Gasteiger partial charge on any atom is -0.452 e. The summed E-state index contributed by atoms with van der Waals surface area (Å²) in [6.45, 7) is 5.52. The minimum absolute atomic E-state index is 0.194. The summed E-state index contributed by atoms with van der Waals surface area (Å²) in [5, 5.41) is 7.39. The third kappa shape index (κ3) is 4.82. The molecule has 0 spiro atoms. The van der Waals surface area contributed by atoms with E-state index in [1.54, 1.807) is 18.3 Å². The van der Waals surface area contributed by atoms with Crippen molar-refractivity contribution in [2.75, 3.05) is 11.9 Å². The van der Waals surface area contributed by atoms with Crippen molar-refractivity contribution < 1.29 is 18.8 Å². The van der Waals surface area contributed by atoms with Gasteiger partial charge >= 0.3 is 5.97 Å². The highest BCUT2D eigenvalue weighted by atomic mass is 16.5. The summed E-state index contributed by atoms with van der Waals surface area (Å²) in [5.41, 5.74) is 2.09. The monoisotopic (exact) mass is 379 g/mol. The molecule has 3 aromatic rings. The molecule has 0 saturated heterocycles. The zero-order valence-corrected chi connectivity index (χ0v) is 15.9. The van der Waals surface area contributed by atoms with Crippen molar-refractivity contribution in [1.82, 2.24) is 10.1 Å². The number of amides is 1. The fourth-order valence-corrected chi connectivity index (χ4v) is 2.47. The number of fused-ring (bicyclic) bond motifs is 1. The number of nitrogens with zero attached hydrogens (tertiary/aromatic N) is 2. The lowest BCUT2D eigenvalue weighted by Gasteiger charge is -2.12. The first-order valence-corrected chi connectivity index (χ1v) is 8.78. The predicted octanol–water partition coefficient (Wildman–Crippen LogP) is 3.72. The number of carbonyl (C=O) groups excluding carboxylic acids is 2. The highest BCUT2D eigenvalue weighted by Crippen LogP contribution is 2.23. The van der Waals surface area contributed by atoms with E-state index in [0.717, 1.165) is 16.5 Å². The number of pyridine rings is 1. The second-order valence-corrected chi connectivity index (χ2v) is 7.24. The van der Waals surface area contributed by atoms with Gasteiger partial charge in [0.05, 0.1) is 11.2 Å².